The molecule has 8 heteroatoms. The zero-order valence-electron chi connectivity index (χ0n) is 11.4. The Bertz CT molecular complexity index is 867. The first-order chi connectivity index (χ1) is 11.0. The SMILES string of the molecule is O=C(Nc1nnc(-c2ccc(Cl)cc2)s1)c1ccc(Cl)cc1F. The van der Waals surface area contributed by atoms with Gasteiger partial charge in [-0.3, -0.25) is 10.1 Å². The summed E-state index contributed by atoms with van der Waals surface area (Å²) in [5.41, 5.74) is 0.711. The van der Waals surface area contributed by atoms with E-state index in [4.69, 9.17) is 23.2 Å². The minimum Gasteiger partial charge on any atom is -0.296 e. The van der Waals surface area contributed by atoms with Gasteiger partial charge in [0.15, 0.2) is 0 Å². The van der Waals surface area contributed by atoms with Crippen molar-refractivity contribution in [2.75, 3.05) is 5.32 Å². The molecule has 23 heavy (non-hydrogen) atoms. The standard InChI is InChI=1S/C15H8Cl2FN3OS/c16-9-3-1-8(2-4-9)14-20-21-15(23-14)19-13(22)11-6-5-10(17)7-12(11)18/h1-7H,(H,19,21,22). The molecule has 2 aromatic carbocycles. The van der Waals surface area contributed by atoms with Crippen molar-refractivity contribution in [3.63, 3.8) is 0 Å². The molecule has 0 atom stereocenters. The van der Waals surface area contributed by atoms with Crippen molar-refractivity contribution < 1.29 is 9.18 Å². The summed E-state index contributed by atoms with van der Waals surface area (Å²) in [5, 5.41) is 12.1. The fraction of sp³-hybridized carbons (Fsp3) is 0. The first-order valence-corrected chi connectivity index (χ1v) is 7.96. The zero-order valence-corrected chi connectivity index (χ0v) is 13.7. The molecule has 1 N–H and O–H groups in total. The van der Waals surface area contributed by atoms with Crippen LogP contribution in [0.4, 0.5) is 9.52 Å². The Morgan fingerprint density at radius 2 is 1.74 bits per heavy atom. The molecule has 1 aromatic heterocycles. The van der Waals surface area contributed by atoms with Gasteiger partial charge in [0, 0.05) is 15.6 Å². The second kappa shape index (κ2) is 6.62. The van der Waals surface area contributed by atoms with Crippen LogP contribution in [0.15, 0.2) is 42.5 Å². The zero-order chi connectivity index (χ0) is 16.4. The molecule has 116 valence electrons. The van der Waals surface area contributed by atoms with E-state index in [-0.39, 0.29) is 15.7 Å². The predicted octanol–water partition coefficient (Wildman–Crippen LogP) is 4.90. The minimum absolute atomic E-state index is 0.113. The maximum atomic E-state index is 13.7. The number of hydrogen-bond donors (Lipinski definition) is 1. The molecule has 0 aliphatic carbocycles. The third-order valence-electron chi connectivity index (χ3n) is 2.91. The smallest absolute Gasteiger partial charge is 0.260 e. The highest BCUT2D eigenvalue weighted by atomic mass is 35.5. The summed E-state index contributed by atoms with van der Waals surface area (Å²) in [6.07, 6.45) is 0. The average Bonchev–Trinajstić information content (AvgIpc) is 2.96. The lowest BCUT2D eigenvalue weighted by Gasteiger charge is -2.02. The Morgan fingerprint density at radius 3 is 2.43 bits per heavy atom. The molecule has 0 saturated heterocycles. The van der Waals surface area contributed by atoms with Crippen LogP contribution < -0.4 is 5.32 Å². The molecule has 3 rings (SSSR count). The topological polar surface area (TPSA) is 54.9 Å². The average molecular weight is 368 g/mol. The molecule has 0 aliphatic rings. The number of rotatable bonds is 3. The molecule has 0 fully saturated rings. The number of anilines is 1. The van der Waals surface area contributed by atoms with Crippen LogP contribution in [-0.4, -0.2) is 16.1 Å². The lowest BCUT2D eigenvalue weighted by Crippen LogP contribution is -2.13. The quantitative estimate of drug-likeness (QED) is 0.715. The van der Waals surface area contributed by atoms with Crippen LogP contribution in [0.3, 0.4) is 0 Å². The predicted molar refractivity (Wildman–Crippen MR) is 89.7 cm³/mol. The van der Waals surface area contributed by atoms with Crippen molar-refractivity contribution >= 4 is 45.6 Å². The first kappa shape index (κ1) is 15.9. The summed E-state index contributed by atoms with van der Waals surface area (Å²) in [6.45, 7) is 0. The molecule has 0 saturated carbocycles. The third-order valence-corrected chi connectivity index (χ3v) is 4.29. The van der Waals surface area contributed by atoms with E-state index in [0.29, 0.717) is 10.0 Å². The second-order valence-corrected chi connectivity index (χ2v) is 6.35. The maximum Gasteiger partial charge on any atom is 0.260 e. The summed E-state index contributed by atoms with van der Waals surface area (Å²) < 4.78 is 13.7. The number of carbonyl (C=O) groups excluding carboxylic acids is 1. The van der Waals surface area contributed by atoms with Crippen molar-refractivity contribution in [1.29, 1.82) is 0 Å². The van der Waals surface area contributed by atoms with Crippen LogP contribution in [-0.2, 0) is 0 Å². The molecule has 4 nitrogen and oxygen atoms in total. The molecular weight excluding hydrogens is 360 g/mol. The van der Waals surface area contributed by atoms with Crippen molar-refractivity contribution in [2.45, 2.75) is 0 Å². The number of aromatic nitrogens is 2. The number of benzene rings is 2. The van der Waals surface area contributed by atoms with Gasteiger partial charge in [-0.15, -0.1) is 10.2 Å². The highest BCUT2D eigenvalue weighted by Crippen LogP contribution is 2.27. The molecule has 1 heterocycles. The summed E-state index contributed by atoms with van der Waals surface area (Å²) in [5.74, 6) is -1.31. The molecule has 0 spiro atoms. The van der Waals surface area contributed by atoms with Crippen molar-refractivity contribution in [3.8, 4) is 10.6 Å². The van der Waals surface area contributed by atoms with E-state index >= 15 is 0 Å². The molecule has 1 amide bonds. The molecule has 0 bridgehead atoms. The minimum atomic E-state index is -0.697. The van der Waals surface area contributed by atoms with Gasteiger partial charge in [-0.05, 0) is 30.3 Å². The van der Waals surface area contributed by atoms with Crippen molar-refractivity contribution in [1.82, 2.24) is 10.2 Å². The Kier molecular flexibility index (Phi) is 4.56. The van der Waals surface area contributed by atoms with Crippen molar-refractivity contribution in [2.24, 2.45) is 0 Å². The molecule has 0 aliphatic heterocycles. The number of nitrogens with one attached hydrogen (secondary N) is 1. The van der Waals surface area contributed by atoms with E-state index < -0.39 is 11.7 Å². The number of halogens is 3. The largest absolute Gasteiger partial charge is 0.296 e. The van der Waals surface area contributed by atoms with Gasteiger partial charge in [0.2, 0.25) is 5.13 Å². The monoisotopic (exact) mass is 367 g/mol. The number of hydrogen-bond acceptors (Lipinski definition) is 4. The van der Waals surface area contributed by atoms with Crippen LogP contribution in [0.1, 0.15) is 10.4 Å². The van der Waals surface area contributed by atoms with Gasteiger partial charge in [-0.2, -0.15) is 0 Å². The van der Waals surface area contributed by atoms with Gasteiger partial charge in [-0.25, -0.2) is 4.39 Å². The Balaban J connectivity index is 1.78. The Labute approximate surface area is 144 Å². The summed E-state index contributed by atoms with van der Waals surface area (Å²) in [6, 6.07) is 10.9. The fourth-order valence-corrected chi connectivity index (χ4v) is 2.85. The lowest BCUT2D eigenvalue weighted by atomic mass is 10.2. The summed E-state index contributed by atoms with van der Waals surface area (Å²) in [4.78, 5) is 12.1. The summed E-state index contributed by atoms with van der Waals surface area (Å²) in [7, 11) is 0. The lowest BCUT2D eigenvalue weighted by molar-refractivity contribution is 0.102. The van der Waals surface area contributed by atoms with Crippen LogP contribution in [0, 0.1) is 5.82 Å². The molecule has 0 radical (unpaired) electrons. The van der Waals surface area contributed by atoms with E-state index in [1.165, 1.54) is 23.5 Å². The van der Waals surface area contributed by atoms with E-state index in [1.54, 1.807) is 24.3 Å². The van der Waals surface area contributed by atoms with Gasteiger partial charge in [-0.1, -0.05) is 46.7 Å². The van der Waals surface area contributed by atoms with Crippen LogP contribution in [0.25, 0.3) is 10.6 Å². The molecule has 0 unspecified atom stereocenters. The van der Waals surface area contributed by atoms with E-state index in [2.05, 4.69) is 15.5 Å². The van der Waals surface area contributed by atoms with Gasteiger partial charge in [0.25, 0.3) is 5.91 Å². The second-order valence-electron chi connectivity index (χ2n) is 4.50. The first-order valence-electron chi connectivity index (χ1n) is 6.39. The number of carbonyl (C=O) groups is 1. The normalized spacial score (nSPS) is 10.6. The van der Waals surface area contributed by atoms with Crippen LogP contribution in [0.5, 0.6) is 0 Å². The van der Waals surface area contributed by atoms with Gasteiger partial charge < -0.3 is 0 Å². The van der Waals surface area contributed by atoms with Gasteiger partial charge in [0.05, 0.1) is 5.56 Å². The van der Waals surface area contributed by atoms with E-state index in [9.17, 15) is 9.18 Å². The van der Waals surface area contributed by atoms with Crippen LogP contribution in [0.2, 0.25) is 10.0 Å². The number of nitrogens with zero attached hydrogens (tertiary/aromatic N) is 2. The number of amides is 1. The maximum absolute atomic E-state index is 13.7. The third kappa shape index (κ3) is 3.67. The summed E-state index contributed by atoms with van der Waals surface area (Å²) >= 11 is 12.7. The highest BCUT2D eigenvalue weighted by Gasteiger charge is 2.15. The molecular formula is C15H8Cl2FN3OS. The van der Waals surface area contributed by atoms with E-state index in [0.717, 1.165) is 11.6 Å². The van der Waals surface area contributed by atoms with Gasteiger partial charge >= 0.3 is 0 Å². The van der Waals surface area contributed by atoms with Crippen LogP contribution >= 0.6 is 34.5 Å². The highest BCUT2D eigenvalue weighted by molar-refractivity contribution is 7.18. The Hall–Kier alpha value is -2.02. The fourth-order valence-electron chi connectivity index (χ4n) is 1.82. The van der Waals surface area contributed by atoms with Crippen molar-refractivity contribution in [3.05, 3.63) is 63.9 Å². The van der Waals surface area contributed by atoms with E-state index in [1.807, 2.05) is 0 Å². The molecule has 3 aromatic rings. The van der Waals surface area contributed by atoms with Gasteiger partial charge in [0.1, 0.15) is 10.8 Å². The Morgan fingerprint density at radius 1 is 1.04 bits per heavy atom.